The Balaban J connectivity index is 1.52. The van der Waals surface area contributed by atoms with Gasteiger partial charge in [-0.3, -0.25) is 4.79 Å². The van der Waals surface area contributed by atoms with Gasteiger partial charge in [-0.25, -0.2) is 9.67 Å². The van der Waals surface area contributed by atoms with Crippen LogP contribution in [0, 0.1) is 13.8 Å². The number of nitrogens with one attached hydrogen (secondary N) is 1. The number of rotatable bonds is 6. The molecule has 0 aliphatic heterocycles. The molecule has 1 amide bonds. The van der Waals surface area contributed by atoms with Crippen molar-refractivity contribution >= 4 is 23.4 Å². The number of aromatic nitrogens is 3. The van der Waals surface area contributed by atoms with E-state index in [0.717, 1.165) is 41.2 Å². The molecule has 0 spiro atoms. The lowest BCUT2D eigenvalue weighted by Crippen LogP contribution is -2.23. The van der Waals surface area contributed by atoms with Gasteiger partial charge < -0.3 is 5.32 Å². The maximum atomic E-state index is 12.7. The number of benzene rings is 2. The van der Waals surface area contributed by atoms with Crippen molar-refractivity contribution in [2.45, 2.75) is 49.9 Å². The fraction of sp³-hybridized carbons (Fsp3) is 0.318. The van der Waals surface area contributed by atoms with E-state index in [9.17, 15) is 4.79 Å². The first-order valence-electron chi connectivity index (χ1n) is 9.59. The summed E-state index contributed by atoms with van der Waals surface area (Å²) >= 11 is 1.40. The van der Waals surface area contributed by atoms with Crippen LogP contribution in [0.5, 0.6) is 0 Å². The Hall–Kier alpha value is -2.60. The van der Waals surface area contributed by atoms with Gasteiger partial charge in [0.15, 0.2) is 0 Å². The summed E-state index contributed by atoms with van der Waals surface area (Å²) in [6.07, 6.45) is 2.30. The van der Waals surface area contributed by atoms with E-state index in [1.807, 2.05) is 74.0 Å². The highest BCUT2D eigenvalue weighted by atomic mass is 32.2. The van der Waals surface area contributed by atoms with Crippen molar-refractivity contribution in [3.05, 3.63) is 65.5 Å². The topological polar surface area (TPSA) is 59.8 Å². The normalized spacial score (nSPS) is 14.7. The Morgan fingerprint density at radius 1 is 1.11 bits per heavy atom. The van der Waals surface area contributed by atoms with Crippen molar-refractivity contribution in [2.75, 3.05) is 5.32 Å². The lowest BCUT2D eigenvalue weighted by Gasteiger charge is -2.14. The van der Waals surface area contributed by atoms with E-state index in [1.165, 1.54) is 11.8 Å². The third-order valence-electron chi connectivity index (χ3n) is 4.94. The summed E-state index contributed by atoms with van der Waals surface area (Å²) < 4.78 is 1.93. The van der Waals surface area contributed by atoms with Crippen molar-refractivity contribution < 1.29 is 4.79 Å². The lowest BCUT2D eigenvalue weighted by molar-refractivity contribution is -0.115. The largest absolute Gasteiger partial charge is 0.325 e. The first kappa shape index (κ1) is 18.7. The van der Waals surface area contributed by atoms with Crippen LogP contribution in [0.3, 0.4) is 0 Å². The number of nitrogens with zero attached hydrogens (tertiary/aromatic N) is 3. The van der Waals surface area contributed by atoms with Gasteiger partial charge in [-0.15, -0.1) is 5.10 Å². The molecule has 0 radical (unpaired) electrons. The van der Waals surface area contributed by atoms with Crippen LogP contribution >= 0.6 is 11.8 Å². The molecule has 1 aliphatic carbocycles. The third-order valence-corrected chi connectivity index (χ3v) is 5.89. The van der Waals surface area contributed by atoms with Gasteiger partial charge in [0.05, 0.1) is 10.9 Å². The van der Waals surface area contributed by atoms with Crippen molar-refractivity contribution in [1.82, 2.24) is 14.8 Å². The Kier molecular flexibility index (Phi) is 5.22. The zero-order valence-electron chi connectivity index (χ0n) is 16.3. The van der Waals surface area contributed by atoms with Gasteiger partial charge in [-0.2, -0.15) is 0 Å². The van der Waals surface area contributed by atoms with Crippen LogP contribution in [-0.4, -0.2) is 25.9 Å². The number of hydrogen-bond donors (Lipinski definition) is 1. The summed E-state index contributed by atoms with van der Waals surface area (Å²) in [7, 11) is 0. The molecule has 1 saturated carbocycles. The monoisotopic (exact) mass is 392 g/mol. The summed E-state index contributed by atoms with van der Waals surface area (Å²) in [5.74, 6) is 1.43. The van der Waals surface area contributed by atoms with Crippen LogP contribution in [0.1, 0.15) is 42.6 Å². The van der Waals surface area contributed by atoms with Gasteiger partial charge in [-0.1, -0.05) is 48.2 Å². The highest BCUT2D eigenvalue weighted by Gasteiger charge is 2.31. The molecular formula is C22H24N4OS. The van der Waals surface area contributed by atoms with Crippen LogP contribution in [-0.2, 0) is 4.79 Å². The molecule has 3 aromatic rings. The van der Waals surface area contributed by atoms with Crippen LogP contribution < -0.4 is 5.32 Å². The minimum atomic E-state index is -0.294. The van der Waals surface area contributed by atoms with Gasteiger partial charge in [0.2, 0.25) is 11.1 Å². The molecule has 1 aromatic heterocycles. The fourth-order valence-corrected chi connectivity index (χ4v) is 3.92. The van der Waals surface area contributed by atoms with Crippen molar-refractivity contribution in [3.8, 4) is 5.69 Å². The molecule has 144 valence electrons. The highest BCUT2D eigenvalue weighted by molar-refractivity contribution is 8.00. The Morgan fingerprint density at radius 3 is 2.43 bits per heavy atom. The summed E-state index contributed by atoms with van der Waals surface area (Å²) in [4.78, 5) is 17.5. The molecule has 1 N–H and O–H groups in total. The Bertz CT molecular complexity index is 975. The molecule has 1 atom stereocenters. The predicted molar refractivity (Wildman–Crippen MR) is 113 cm³/mol. The predicted octanol–water partition coefficient (Wildman–Crippen LogP) is 4.88. The van der Waals surface area contributed by atoms with E-state index in [2.05, 4.69) is 5.32 Å². The second kappa shape index (κ2) is 7.80. The van der Waals surface area contributed by atoms with E-state index in [4.69, 9.17) is 10.1 Å². The summed E-state index contributed by atoms with van der Waals surface area (Å²) in [5, 5.41) is 8.11. The van der Waals surface area contributed by atoms with Gasteiger partial charge >= 0.3 is 0 Å². The number of aryl methyl sites for hydroxylation is 2. The first-order chi connectivity index (χ1) is 13.5. The highest BCUT2D eigenvalue weighted by Crippen LogP contribution is 2.40. The van der Waals surface area contributed by atoms with Crippen LogP contribution in [0.25, 0.3) is 5.69 Å². The minimum absolute atomic E-state index is 0.0357. The number of carbonyl (C=O) groups excluding carboxylic acids is 1. The molecule has 5 nitrogen and oxygen atoms in total. The molecule has 0 saturated heterocycles. The van der Waals surface area contributed by atoms with Crippen molar-refractivity contribution in [1.29, 1.82) is 0 Å². The van der Waals surface area contributed by atoms with E-state index >= 15 is 0 Å². The molecule has 1 heterocycles. The van der Waals surface area contributed by atoms with Crippen LogP contribution in [0.4, 0.5) is 5.69 Å². The molecule has 2 aromatic carbocycles. The maximum Gasteiger partial charge on any atom is 0.237 e. The van der Waals surface area contributed by atoms with Crippen molar-refractivity contribution in [3.63, 3.8) is 0 Å². The molecule has 1 aliphatic rings. The number of thioether (sulfide) groups is 1. The lowest BCUT2D eigenvalue weighted by atomic mass is 10.1. The third kappa shape index (κ3) is 3.97. The maximum absolute atomic E-state index is 12.7. The zero-order chi connectivity index (χ0) is 19.7. The quantitative estimate of drug-likeness (QED) is 0.607. The Morgan fingerprint density at radius 2 is 1.79 bits per heavy atom. The fourth-order valence-electron chi connectivity index (χ4n) is 3.17. The molecule has 1 fully saturated rings. The average Bonchev–Trinajstić information content (AvgIpc) is 3.45. The average molecular weight is 393 g/mol. The second-order valence-electron chi connectivity index (χ2n) is 7.29. The molecule has 0 bridgehead atoms. The van der Waals surface area contributed by atoms with Gasteiger partial charge in [-0.05, 0) is 56.9 Å². The van der Waals surface area contributed by atoms with Crippen LogP contribution in [0.2, 0.25) is 0 Å². The summed E-state index contributed by atoms with van der Waals surface area (Å²) in [5.41, 5.74) is 4.03. The minimum Gasteiger partial charge on any atom is -0.325 e. The summed E-state index contributed by atoms with van der Waals surface area (Å²) in [6.45, 7) is 5.91. The van der Waals surface area contributed by atoms with E-state index < -0.39 is 0 Å². The second-order valence-corrected chi connectivity index (χ2v) is 8.60. The van der Waals surface area contributed by atoms with E-state index in [1.54, 1.807) is 0 Å². The molecule has 0 unspecified atom stereocenters. The van der Waals surface area contributed by atoms with Gasteiger partial charge in [0, 0.05) is 11.6 Å². The van der Waals surface area contributed by atoms with E-state index in [0.29, 0.717) is 11.1 Å². The molecule has 4 rings (SSSR count). The van der Waals surface area contributed by atoms with E-state index in [-0.39, 0.29) is 11.2 Å². The number of para-hydroxylation sites is 2. The molecule has 28 heavy (non-hydrogen) atoms. The summed E-state index contributed by atoms with van der Waals surface area (Å²) in [6, 6.07) is 16.1. The number of hydrogen-bond acceptors (Lipinski definition) is 4. The van der Waals surface area contributed by atoms with Crippen LogP contribution in [0.15, 0.2) is 53.7 Å². The standard InChI is InChI=1S/C22H24N4OS/c1-14-8-7-9-15(2)19(14)23-21(27)16(3)28-22-24-20(17-12-13-17)26(25-22)18-10-5-4-6-11-18/h4-11,16-17H,12-13H2,1-3H3,(H,23,27)/t16-/m1/s1. The first-order valence-corrected chi connectivity index (χ1v) is 10.5. The molecular weight excluding hydrogens is 368 g/mol. The number of carbonyl (C=O) groups is 1. The van der Waals surface area contributed by atoms with Gasteiger partial charge in [0.25, 0.3) is 0 Å². The van der Waals surface area contributed by atoms with Gasteiger partial charge in [0.1, 0.15) is 5.82 Å². The number of amides is 1. The number of anilines is 1. The smallest absolute Gasteiger partial charge is 0.237 e. The SMILES string of the molecule is Cc1cccc(C)c1NC(=O)[C@@H](C)Sc1nc(C2CC2)n(-c2ccccc2)n1. The zero-order valence-corrected chi connectivity index (χ0v) is 17.2. The van der Waals surface area contributed by atoms with Crippen molar-refractivity contribution in [2.24, 2.45) is 0 Å². The molecule has 6 heteroatoms. The Labute approximate surface area is 169 Å².